The molecule has 0 fully saturated rings. The SMILES string of the molecule is O=C(Cn1cc(-c2ccccc2)nn1)N[C@@H]1C=C[C@H](CO)C1. The Morgan fingerprint density at radius 1 is 1.32 bits per heavy atom. The lowest BCUT2D eigenvalue weighted by atomic mass is 10.1. The zero-order valence-electron chi connectivity index (χ0n) is 12.1. The molecule has 0 radical (unpaired) electrons. The van der Waals surface area contributed by atoms with Crippen molar-refractivity contribution >= 4 is 5.91 Å². The van der Waals surface area contributed by atoms with Gasteiger partial charge < -0.3 is 10.4 Å². The second-order valence-electron chi connectivity index (χ2n) is 5.40. The minimum atomic E-state index is -0.113. The number of benzene rings is 1. The maximum absolute atomic E-state index is 12.0. The maximum Gasteiger partial charge on any atom is 0.242 e. The molecule has 1 amide bonds. The largest absolute Gasteiger partial charge is 0.396 e. The predicted molar refractivity (Wildman–Crippen MR) is 81.7 cm³/mol. The quantitative estimate of drug-likeness (QED) is 0.807. The van der Waals surface area contributed by atoms with Crippen LogP contribution in [0.25, 0.3) is 11.3 Å². The van der Waals surface area contributed by atoms with Crippen LogP contribution in [-0.2, 0) is 11.3 Å². The Kier molecular flexibility index (Phi) is 4.29. The van der Waals surface area contributed by atoms with Gasteiger partial charge in [0.25, 0.3) is 0 Å². The monoisotopic (exact) mass is 298 g/mol. The van der Waals surface area contributed by atoms with E-state index in [0.717, 1.165) is 17.7 Å². The first kappa shape index (κ1) is 14.5. The average molecular weight is 298 g/mol. The number of nitrogens with zero attached hydrogens (tertiary/aromatic N) is 3. The summed E-state index contributed by atoms with van der Waals surface area (Å²) < 4.78 is 1.53. The van der Waals surface area contributed by atoms with Crippen LogP contribution in [0.3, 0.4) is 0 Å². The summed E-state index contributed by atoms with van der Waals surface area (Å²) in [6, 6.07) is 9.70. The van der Waals surface area contributed by atoms with Gasteiger partial charge in [-0.1, -0.05) is 47.7 Å². The zero-order chi connectivity index (χ0) is 15.4. The summed E-state index contributed by atoms with van der Waals surface area (Å²) in [6.07, 6.45) is 6.37. The molecule has 0 spiro atoms. The van der Waals surface area contributed by atoms with E-state index in [1.165, 1.54) is 4.68 Å². The normalized spacial score (nSPS) is 20.2. The minimum Gasteiger partial charge on any atom is -0.396 e. The van der Waals surface area contributed by atoms with Gasteiger partial charge in [-0.25, -0.2) is 4.68 Å². The van der Waals surface area contributed by atoms with Crippen LogP contribution in [0.5, 0.6) is 0 Å². The molecule has 2 aromatic rings. The van der Waals surface area contributed by atoms with Gasteiger partial charge >= 0.3 is 0 Å². The molecule has 2 atom stereocenters. The fraction of sp³-hybridized carbons (Fsp3) is 0.312. The topological polar surface area (TPSA) is 80.0 Å². The second kappa shape index (κ2) is 6.53. The Balaban J connectivity index is 1.56. The van der Waals surface area contributed by atoms with Crippen LogP contribution >= 0.6 is 0 Å². The van der Waals surface area contributed by atoms with E-state index in [1.54, 1.807) is 6.20 Å². The smallest absolute Gasteiger partial charge is 0.242 e. The van der Waals surface area contributed by atoms with Crippen molar-refractivity contribution < 1.29 is 9.90 Å². The summed E-state index contributed by atoms with van der Waals surface area (Å²) in [6.45, 7) is 0.250. The first-order valence-electron chi connectivity index (χ1n) is 7.28. The summed E-state index contributed by atoms with van der Waals surface area (Å²) >= 11 is 0. The molecule has 2 N–H and O–H groups in total. The maximum atomic E-state index is 12.0. The number of aliphatic hydroxyl groups is 1. The summed E-state index contributed by atoms with van der Waals surface area (Å²) in [7, 11) is 0. The van der Waals surface area contributed by atoms with Crippen LogP contribution in [0.2, 0.25) is 0 Å². The van der Waals surface area contributed by atoms with Crippen molar-refractivity contribution in [1.29, 1.82) is 0 Å². The molecule has 0 saturated heterocycles. The van der Waals surface area contributed by atoms with E-state index < -0.39 is 0 Å². The van der Waals surface area contributed by atoms with Gasteiger partial charge in [0.05, 0.1) is 6.20 Å². The molecule has 6 nitrogen and oxygen atoms in total. The van der Waals surface area contributed by atoms with E-state index in [1.807, 2.05) is 42.5 Å². The number of carbonyl (C=O) groups is 1. The molecular weight excluding hydrogens is 280 g/mol. The van der Waals surface area contributed by atoms with Crippen LogP contribution in [0.4, 0.5) is 0 Å². The molecule has 0 saturated carbocycles. The number of aromatic nitrogens is 3. The fourth-order valence-electron chi connectivity index (χ4n) is 2.53. The van der Waals surface area contributed by atoms with Crippen LogP contribution in [0, 0.1) is 5.92 Å². The summed E-state index contributed by atoms with van der Waals surface area (Å²) in [4.78, 5) is 12.0. The van der Waals surface area contributed by atoms with Gasteiger partial charge in [0, 0.05) is 24.1 Å². The van der Waals surface area contributed by atoms with E-state index in [2.05, 4.69) is 15.6 Å². The van der Waals surface area contributed by atoms with E-state index in [-0.39, 0.29) is 31.0 Å². The number of amides is 1. The predicted octanol–water partition coefficient (Wildman–Crippen LogP) is 0.998. The molecule has 1 heterocycles. The van der Waals surface area contributed by atoms with Crippen molar-refractivity contribution in [2.24, 2.45) is 5.92 Å². The van der Waals surface area contributed by atoms with Gasteiger partial charge in [-0.15, -0.1) is 5.10 Å². The molecular formula is C16H18N4O2. The Morgan fingerprint density at radius 2 is 2.14 bits per heavy atom. The summed E-state index contributed by atoms with van der Waals surface area (Å²) in [5, 5.41) is 20.1. The third-order valence-corrected chi connectivity index (χ3v) is 3.67. The molecule has 0 aliphatic heterocycles. The number of carbonyl (C=O) groups excluding carboxylic acids is 1. The first-order chi connectivity index (χ1) is 10.7. The molecule has 3 rings (SSSR count). The third kappa shape index (κ3) is 3.40. The molecule has 0 unspecified atom stereocenters. The van der Waals surface area contributed by atoms with E-state index in [0.29, 0.717) is 0 Å². The Labute approximate surface area is 128 Å². The number of aliphatic hydroxyl groups excluding tert-OH is 1. The molecule has 114 valence electrons. The second-order valence-corrected chi connectivity index (χ2v) is 5.40. The highest BCUT2D eigenvalue weighted by Gasteiger charge is 2.19. The highest BCUT2D eigenvalue weighted by atomic mass is 16.3. The van der Waals surface area contributed by atoms with Crippen molar-refractivity contribution in [1.82, 2.24) is 20.3 Å². The molecule has 6 heteroatoms. The highest BCUT2D eigenvalue weighted by Crippen LogP contribution is 2.17. The summed E-state index contributed by atoms with van der Waals surface area (Å²) in [5.74, 6) is 0.0269. The number of hydrogen-bond acceptors (Lipinski definition) is 4. The van der Waals surface area contributed by atoms with Crippen LogP contribution in [0.15, 0.2) is 48.7 Å². The van der Waals surface area contributed by atoms with Crippen LogP contribution < -0.4 is 5.32 Å². The van der Waals surface area contributed by atoms with E-state index in [4.69, 9.17) is 5.11 Å². The van der Waals surface area contributed by atoms with Gasteiger partial charge in [0.15, 0.2) is 0 Å². The number of hydrogen-bond donors (Lipinski definition) is 2. The molecule has 22 heavy (non-hydrogen) atoms. The van der Waals surface area contributed by atoms with Crippen LogP contribution in [-0.4, -0.2) is 38.7 Å². The fourth-order valence-corrected chi connectivity index (χ4v) is 2.53. The Morgan fingerprint density at radius 3 is 2.86 bits per heavy atom. The van der Waals surface area contributed by atoms with Gasteiger partial charge in [-0.05, 0) is 6.42 Å². The lowest BCUT2D eigenvalue weighted by molar-refractivity contribution is -0.122. The highest BCUT2D eigenvalue weighted by molar-refractivity contribution is 5.76. The lowest BCUT2D eigenvalue weighted by Gasteiger charge is -2.12. The minimum absolute atomic E-state index is 0.0123. The average Bonchev–Trinajstić information content (AvgIpc) is 3.17. The molecule has 1 aromatic heterocycles. The van der Waals surface area contributed by atoms with Crippen molar-refractivity contribution in [3.8, 4) is 11.3 Å². The summed E-state index contributed by atoms with van der Waals surface area (Å²) in [5.41, 5.74) is 1.72. The van der Waals surface area contributed by atoms with Gasteiger partial charge in [0.1, 0.15) is 12.2 Å². The van der Waals surface area contributed by atoms with Gasteiger partial charge in [-0.2, -0.15) is 0 Å². The Hall–Kier alpha value is -2.47. The van der Waals surface area contributed by atoms with E-state index >= 15 is 0 Å². The van der Waals surface area contributed by atoms with Crippen molar-refractivity contribution in [3.63, 3.8) is 0 Å². The molecule has 1 aromatic carbocycles. The van der Waals surface area contributed by atoms with Crippen LogP contribution in [0.1, 0.15) is 6.42 Å². The van der Waals surface area contributed by atoms with Gasteiger partial charge in [0.2, 0.25) is 5.91 Å². The molecule has 1 aliphatic rings. The molecule has 0 bridgehead atoms. The number of rotatable bonds is 5. The van der Waals surface area contributed by atoms with Crippen molar-refractivity contribution in [3.05, 3.63) is 48.7 Å². The van der Waals surface area contributed by atoms with Crippen molar-refractivity contribution in [2.75, 3.05) is 6.61 Å². The van der Waals surface area contributed by atoms with E-state index in [9.17, 15) is 4.79 Å². The zero-order valence-corrected chi connectivity index (χ0v) is 12.1. The van der Waals surface area contributed by atoms with Crippen molar-refractivity contribution in [2.45, 2.75) is 19.0 Å². The molecule has 1 aliphatic carbocycles. The lowest BCUT2D eigenvalue weighted by Crippen LogP contribution is -2.35. The Bertz CT molecular complexity index is 666. The van der Waals surface area contributed by atoms with Gasteiger partial charge in [-0.3, -0.25) is 4.79 Å². The number of nitrogens with one attached hydrogen (secondary N) is 1. The third-order valence-electron chi connectivity index (χ3n) is 3.67. The first-order valence-corrected chi connectivity index (χ1v) is 7.28. The standard InChI is InChI=1S/C16H18N4O2/c21-11-12-6-7-14(8-12)17-16(22)10-20-9-15(18-19-20)13-4-2-1-3-5-13/h1-7,9,12,14,21H,8,10-11H2,(H,17,22)/t12-,14+/m0/s1.